The lowest BCUT2D eigenvalue weighted by Crippen LogP contribution is -2.39. The van der Waals surface area contributed by atoms with E-state index >= 15 is 0 Å². The van der Waals surface area contributed by atoms with Gasteiger partial charge in [-0.25, -0.2) is 0 Å². The summed E-state index contributed by atoms with van der Waals surface area (Å²) in [5.74, 6) is -1.65. The summed E-state index contributed by atoms with van der Waals surface area (Å²) in [5.41, 5.74) is 3.51. The number of hydrogen-bond acceptors (Lipinski definition) is 5. The minimum atomic E-state index is -0.707. The maximum Gasteiger partial charge on any atom is 0.315 e. The number of benzene rings is 2. The molecule has 3 aliphatic rings. The topological polar surface area (TPSA) is 76.0 Å². The fourth-order valence-corrected chi connectivity index (χ4v) is 6.00. The van der Waals surface area contributed by atoms with Crippen molar-refractivity contribution in [1.82, 2.24) is 0 Å². The van der Waals surface area contributed by atoms with Crippen LogP contribution in [0.3, 0.4) is 0 Å². The quantitative estimate of drug-likeness (QED) is 0.460. The van der Waals surface area contributed by atoms with Crippen LogP contribution in [-0.2, 0) is 14.3 Å². The molecule has 7 heteroatoms. The molecule has 5 nitrogen and oxygen atoms in total. The Morgan fingerprint density at radius 1 is 1.03 bits per heavy atom. The predicted molar refractivity (Wildman–Crippen MR) is 136 cm³/mol. The zero-order valence-corrected chi connectivity index (χ0v) is 21.0. The number of ketones is 1. The Morgan fingerprint density at radius 2 is 1.80 bits per heavy atom. The van der Waals surface area contributed by atoms with Crippen LogP contribution in [0.25, 0.3) is 0 Å². The van der Waals surface area contributed by atoms with Crippen LogP contribution >= 0.6 is 23.2 Å². The highest BCUT2D eigenvalue weighted by Crippen LogP contribution is 2.47. The van der Waals surface area contributed by atoms with E-state index < -0.39 is 11.8 Å². The van der Waals surface area contributed by atoms with Crippen LogP contribution in [-0.4, -0.2) is 28.7 Å². The normalized spacial score (nSPS) is 24.8. The highest BCUT2D eigenvalue weighted by molar-refractivity contribution is 6.42. The van der Waals surface area contributed by atoms with Crippen LogP contribution < -0.4 is 0 Å². The minimum absolute atomic E-state index is 0.0504. The zero-order chi connectivity index (χ0) is 24.7. The molecule has 1 fully saturated rings. The van der Waals surface area contributed by atoms with E-state index in [9.17, 15) is 14.7 Å². The zero-order valence-electron chi connectivity index (χ0n) is 19.5. The maximum absolute atomic E-state index is 13.7. The van der Waals surface area contributed by atoms with Gasteiger partial charge in [0.25, 0.3) is 0 Å². The van der Waals surface area contributed by atoms with Crippen molar-refractivity contribution in [1.29, 1.82) is 0 Å². The molecule has 0 radical (unpaired) electrons. The first-order valence-corrected chi connectivity index (χ1v) is 12.8. The second-order valence-electron chi connectivity index (χ2n) is 9.71. The summed E-state index contributed by atoms with van der Waals surface area (Å²) in [4.78, 5) is 31.9. The molecule has 0 saturated heterocycles. The van der Waals surface area contributed by atoms with Gasteiger partial charge in [0.05, 0.1) is 10.0 Å². The summed E-state index contributed by atoms with van der Waals surface area (Å²) in [5, 5.41) is 11.1. The molecule has 0 bridgehead atoms. The minimum Gasteiger partial charge on any atom is -0.508 e. The lowest BCUT2D eigenvalue weighted by Gasteiger charge is -2.37. The molecular formula is C28H27Cl2NO4. The van der Waals surface area contributed by atoms with E-state index in [1.54, 1.807) is 30.3 Å². The molecule has 2 aliphatic carbocycles. The van der Waals surface area contributed by atoms with Gasteiger partial charge in [0.2, 0.25) is 0 Å². The molecule has 3 unspecified atom stereocenters. The summed E-state index contributed by atoms with van der Waals surface area (Å²) in [6, 6.07) is 12.2. The SMILES string of the molecule is CC1=NC2=C(C(=O)CC(c3ccc(Cl)c(Cl)c3)C2)C(c2cccc(O)c2)C1C(=O)OC1CCCC1. The van der Waals surface area contributed by atoms with Crippen molar-refractivity contribution in [2.24, 2.45) is 10.9 Å². The third-order valence-electron chi connectivity index (χ3n) is 7.37. The second kappa shape index (κ2) is 9.79. The first kappa shape index (κ1) is 24.1. The summed E-state index contributed by atoms with van der Waals surface area (Å²) in [6.07, 6.45) is 4.58. The average Bonchev–Trinajstić information content (AvgIpc) is 3.32. The van der Waals surface area contributed by atoms with Crippen LogP contribution in [0.5, 0.6) is 5.75 Å². The van der Waals surface area contributed by atoms with Gasteiger partial charge >= 0.3 is 5.97 Å². The third-order valence-corrected chi connectivity index (χ3v) is 8.11. The van der Waals surface area contributed by atoms with Gasteiger partial charge in [-0.15, -0.1) is 0 Å². The van der Waals surface area contributed by atoms with E-state index in [1.165, 1.54) is 0 Å². The molecule has 1 saturated carbocycles. The number of phenolic OH excluding ortho intramolecular Hbond substituents is 1. The molecule has 0 aromatic heterocycles. The highest BCUT2D eigenvalue weighted by atomic mass is 35.5. The molecule has 1 N–H and O–H groups in total. The monoisotopic (exact) mass is 511 g/mol. The van der Waals surface area contributed by atoms with Gasteiger partial charge in [0.1, 0.15) is 17.8 Å². The lowest BCUT2D eigenvalue weighted by atomic mass is 9.69. The molecule has 5 rings (SSSR count). The summed E-state index contributed by atoms with van der Waals surface area (Å²) in [7, 11) is 0. The molecule has 0 amide bonds. The number of hydrogen-bond donors (Lipinski definition) is 1. The Hall–Kier alpha value is -2.63. The number of aromatic hydroxyl groups is 1. The first-order valence-electron chi connectivity index (χ1n) is 12.1. The van der Waals surface area contributed by atoms with E-state index in [4.69, 9.17) is 32.9 Å². The van der Waals surface area contributed by atoms with Gasteiger partial charge in [-0.05, 0) is 80.3 Å². The van der Waals surface area contributed by atoms with E-state index in [-0.39, 0.29) is 35.9 Å². The van der Waals surface area contributed by atoms with Crippen LogP contribution in [0.4, 0.5) is 0 Å². The van der Waals surface area contributed by atoms with E-state index in [0.29, 0.717) is 39.0 Å². The summed E-state index contributed by atoms with van der Waals surface area (Å²) < 4.78 is 5.89. The summed E-state index contributed by atoms with van der Waals surface area (Å²) >= 11 is 12.3. The van der Waals surface area contributed by atoms with Crippen molar-refractivity contribution in [3.8, 4) is 5.75 Å². The van der Waals surface area contributed by atoms with E-state index in [0.717, 1.165) is 31.2 Å². The fourth-order valence-electron chi connectivity index (χ4n) is 5.69. The van der Waals surface area contributed by atoms with Crippen molar-refractivity contribution in [3.63, 3.8) is 0 Å². The van der Waals surface area contributed by atoms with Crippen LogP contribution in [0.2, 0.25) is 10.0 Å². The molecule has 182 valence electrons. The van der Waals surface area contributed by atoms with Gasteiger partial charge in [-0.2, -0.15) is 0 Å². The average molecular weight is 512 g/mol. The number of rotatable bonds is 4. The largest absolute Gasteiger partial charge is 0.508 e. The van der Waals surface area contributed by atoms with Gasteiger partial charge in [-0.3, -0.25) is 14.6 Å². The third kappa shape index (κ3) is 4.76. The van der Waals surface area contributed by atoms with E-state index in [1.807, 2.05) is 19.1 Å². The van der Waals surface area contributed by atoms with Crippen molar-refractivity contribution in [2.45, 2.75) is 63.4 Å². The molecule has 2 aromatic rings. The number of ether oxygens (including phenoxy) is 1. The van der Waals surface area contributed by atoms with Gasteiger partial charge in [0, 0.05) is 29.3 Å². The first-order chi connectivity index (χ1) is 16.8. The molecule has 2 aromatic carbocycles. The smallest absolute Gasteiger partial charge is 0.315 e. The van der Waals surface area contributed by atoms with Crippen molar-refractivity contribution in [3.05, 3.63) is 74.9 Å². The number of nitrogens with zero attached hydrogens (tertiary/aromatic N) is 1. The number of aliphatic imine (C=N–C) groups is 1. The Kier molecular flexibility index (Phi) is 6.73. The lowest BCUT2D eigenvalue weighted by molar-refractivity contribution is -0.151. The number of phenols is 1. The standard InChI is InChI=1S/C28H27Cl2NO4/c1-15-25(28(34)35-20-7-2-3-8-20)26(17-5-4-6-19(32)11-17)27-23(31-15)13-18(14-24(27)33)16-9-10-21(29)22(30)12-16/h4-6,9-12,18,20,25-26,32H,2-3,7-8,13-14H2,1H3. The summed E-state index contributed by atoms with van der Waals surface area (Å²) in [6.45, 7) is 1.83. The Morgan fingerprint density at radius 3 is 2.51 bits per heavy atom. The van der Waals surface area contributed by atoms with Gasteiger partial charge < -0.3 is 9.84 Å². The molecule has 35 heavy (non-hydrogen) atoms. The van der Waals surface area contributed by atoms with Crippen LogP contribution in [0.15, 0.2) is 58.7 Å². The van der Waals surface area contributed by atoms with Crippen molar-refractivity contribution < 1.29 is 19.4 Å². The fraction of sp³-hybridized carbons (Fsp3) is 0.393. The maximum atomic E-state index is 13.7. The van der Waals surface area contributed by atoms with Gasteiger partial charge in [-0.1, -0.05) is 41.4 Å². The van der Waals surface area contributed by atoms with E-state index in [2.05, 4.69) is 0 Å². The number of Topliss-reactive ketones (excluding diaryl/α,β-unsaturated/α-hetero) is 1. The molecule has 1 aliphatic heterocycles. The predicted octanol–water partition coefficient (Wildman–Crippen LogP) is 6.76. The number of carbonyl (C=O) groups excluding carboxylic acids is 2. The number of allylic oxidation sites excluding steroid dienone is 2. The Bertz CT molecular complexity index is 1250. The Labute approximate surface area is 214 Å². The Balaban J connectivity index is 1.54. The van der Waals surface area contributed by atoms with Crippen LogP contribution in [0, 0.1) is 5.92 Å². The van der Waals surface area contributed by atoms with Crippen molar-refractivity contribution in [2.75, 3.05) is 0 Å². The number of carbonyl (C=O) groups is 2. The molecule has 1 heterocycles. The van der Waals surface area contributed by atoms with Crippen LogP contribution in [0.1, 0.15) is 68.4 Å². The number of esters is 1. The molecular weight excluding hydrogens is 485 g/mol. The molecule has 3 atom stereocenters. The van der Waals surface area contributed by atoms with Gasteiger partial charge in [0.15, 0.2) is 5.78 Å². The van der Waals surface area contributed by atoms with Crippen molar-refractivity contribution >= 4 is 40.7 Å². The second-order valence-corrected chi connectivity index (χ2v) is 10.5. The highest BCUT2D eigenvalue weighted by Gasteiger charge is 2.45. The molecule has 0 spiro atoms. The number of halogens is 2.